The molecule has 0 aliphatic rings. The number of H-pyrrole nitrogens is 1. The van der Waals surface area contributed by atoms with Gasteiger partial charge in [0.1, 0.15) is 9.73 Å². The van der Waals surface area contributed by atoms with Crippen molar-refractivity contribution in [1.29, 1.82) is 0 Å². The van der Waals surface area contributed by atoms with E-state index in [4.69, 9.17) is 23.2 Å². The zero-order chi connectivity index (χ0) is 15.2. The molecule has 0 bridgehead atoms. The van der Waals surface area contributed by atoms with Crippen LogP contribution in [0.25, 0.3) is 11.2 Å². The number of hydrogen-bond donors (Lipinski definition) is 2. The minimum atomic E-state index is -3.82. The number of sulfonamides is 1. The molecule has 0 aliphatic heterocycles. The summed E-state index contributed by atoms with van der Waals surface area (Å²) in [6.07, 6.45) is 1.39. The molecule has 110 valence electrons. The van der Waals surface area contributed by atoms with Crippen molar-refractivity contribution >= 4 is 61.7 Å². The van der Waals surface area contributed by atoms with E-state index in [2.05, 4.69) is 24.7 Å². The Morgan fingerprint density at radius 3 is 2.76 bits per heavy atom. The lowest BCUT2D eigenvalue weighted by molar-refractivity contribution is 0.602. The van der Waals surface area contributed by atoms with Gasteiger partial charge in [-0.15, -0.1) is 11.3 Å². The number of aromatic amines is 1. The van der Waals surface area contributed by atoms with Crippen LogP contribution in [0.1, 0.15) is 5.56 Å². The number of hydrogen-bond acceptors (Lipinski definition) is 6. The third-order valence-corrected chi connectivity index (χ3v) is 6.20. The summed E-state index contributed by atoms with van der Waals surface area (Å²) in [4.78, 5) is 14.5. The summed E-state index contributed by atoms with van der Waals surface area (Å²) in [5.74, 6) is -0.151. The van der Waals surface area contributed by atoms with E-state index >= 15 is 0 Å². The maximum Gasteiger partial charge on any atom is 0.273 e. The lowest BCUT2D eigenvalue weighted by Gasteiger charge is -2.04. The molecule has 2 N–H and O–H groups in total. The van der Waals surface area contributed by atoms with Gasteiger partial charge in [-0.1, -0.05) is 23.2 Å². The third-order valence-electron chi connectivity index (χ3n) is 2.57. The minimum Gasteiger partial charge on any atom is -0.341 e. The fraction of sp³-hybridized carbons (Fsp3) is 0.100. The average molecular weight is 364 g/mol. The van der Waals surface area contributed by atoms with Crippen LogP contribution < -0.4 is 4.72 Å². The molecule has 0 radical (unpaired) electrons. The molecular weight excluding hydrogens is 357 g/mol. The highest BCUT2D eigenvalue weighted by atomic mass is 35.5. The number of nitrogens with zero attached hydrogens (tertiary/aromatic N) is 3. The number of aromatic nitrogens is 4. The molecule has 0 spiro atoms. The van der Waals surface area contributed by atoms with Crippen molar-refractivity contribution < 1.29 is 8.42 Å². The second-order valence-electron chi connectivity index (χ2n) is 4.07. The van der Waals surface area contributed by atoms with Crippen LogP contribution in [0.4, 0.5) is 5.95 Å². The van der Waals surface area contributed by atoms with Crippen LogP contribution in [0.3, 0.4) is 0 Å². The van der Waals surface area contributed by atoms with E-state index in [0.717, 1.165) is 11.3 Å². The second kappa shape index (κ2) is 5.09. The molecule has 3 heterocycles. The average Bonchev–Trinajstić information content (AvgIpc) is 2.97. The number of rotatable bonds is 3. The predicted octanol–water partition coefficient (Wildman–Crippen LogP) is 2.83. The summed E-state index contributed by atoms with van der Waals surface area (Å²) >= 11 is 12.8. The molecule has 0 amide bonds. The van der Waals surface area contributed by atoms with E-state index in [9.17, 15) is 8.42 Å². The zero-order valence-corrected chi connectivity index (χ0v) is 13.5. The van der Waals surface area contributed by atoms with Crippen LogP contribution in [-0.4, -0.2) is 28.4 Å². The Labute approximate surface area is 133 Å². The molecule has 0 saturated carbocycles. The summed E-state index contributed by atoms with van der Waals surface area (Å²) < 4.78 is 27.2. The van der Waals surface area contributed by atoms with Crippen LogP contribution in [-0.2, 0) is 10.0 Å². The van der Waals surface area contributed by atoms with Crippen molar-refractivity contribution in [3.63, 3.8) is 0 Å². The first-order valence-electron chi connectivity index (χ1n) is 5.52. The number of imidazole rings is 1. The van der Waals surface area contributed by atoms with E-state index in [1.54, 1.807) is 6.92 Å². The van der Waals surface area contributed by atoms with Gasteiger partial charge < -0.3 is 4.98 Å². The standard InChI is InChI=1S/C10H7Cl2N5O2S2/c1-4-2-5(20-8(4)12)21(18,19)17-10-15-7(11)6-9(16-10)14-3-13-6/h2-3H,1H3,(H2,13,14,15,16,17). The number of thiophene rings is 1. The van der Waals surface area contributed by atoms with Gasteiger partial charge in [0.15, 0.2) is 10.8 Å². The summed E-state index contributed by atoms with van der Waals surface area (Å²) in [6.45, 7) is 1.72. The fourth-order valence-electron chi connectivity index (χ4n) is 1.58. The van der Waals surface area contributed by atoms with Gasteiger partial charge in [-0.05, 0) is 18.6 Å². The Balaban J connectivity index is 2.00. The molecule has 0 saturated heterocycles. The van der Waals surface area contributed by atoms with Crippen LogP contribution in [0.5, 0.6) is 0 Å². The number of anilines is 1. The Kier molecular flexibility index (Phi) is 3.52. The number of halogens is 2. The topological polar surface area (TPSA) is 101 Å². The van der Waals surface area contributed by atoms with E-state index in [1.807, 2.05) is 0 Å². The Bertz CT molecular complexity index is 915. The maximum absolute atomic E-state index is 12.2. The van der Waals surface area contributed by atoms with E-state index < -0.39 is 10.0 Å². The van der Waals surface area contributed by atoms with Crippen molar-refractivity contribution in [2.24, 2.45) is 0 Å². The molecule has 0 atom stereocenters. The summed E-state index contributed by atoms with van der Waals surface area (Å²) in [5.41, 5.74) is 1.39. The highest BCUT2D eigenvalue weighted by Gasteiger charge is 2.21. The first-order chi connectivity index (χ1) is 9.87. The van der Waals surface area contributed by atoms with Crippen molar-refractivity contribution in [3.8, 4) is 0 Å². The van der Waals surface area contributed by atoms with Crippen molar-refractivity contribution in [3.05, 3.63) is 27.4 Å². The van der Waals surface area contributed by atoms with Crippen LogP contribution in [0.15, 0.2) is 16.6 Å². The largest absolute Gasteiger partial charge is 0.341 e. The third kappa shape index (κ3) is 2.69. The highest BCUT2D eigenvalue weighted by Crippen LogP contribution is 2.31. The van der Waals surface area contributed by atoms with E-state index in [0.29, 0.717) is 15.4 Å². The molecule has 3 aromatic rings. The Morgan fingerprint density at radius 2 is 2.10 bits per heavy atom. The van der Waals surface area contributed by atoms with Crippen LogP contribution in [0, 0.1) is 6.92 Å². The normalized spacial score (nSPS) is 12.0. The first-order valence-corrected chi connectivity index (χ1v) is 8.58. The van der Waals surface area contributed by atoms with Crippen LogP contribution in [0.2, 0.25) is 9.49 Å². The second-order valence-corrected chi connectivity index (χ2v) is 7.99. The highest BCUT2D eigenvalue weighted by molar-refractivity contribution is 7.94. The van der Waals surface area contributed by atoms with Gasteiger partial charge >= 0.3 is 0 Å². The summed E-state index contributed by atoms with van der Waals surface area (Å²) in [6, 6.07) is 1.48. The molecular formula is C10H7Cl2N5O2S2. The minimum absolute atomic E-state index is 0.0758. The molecule has 0 unspecified atom stereocenters. The van der Waals surface area contributed by atoms with Gasteiger partial charge in [0.05, 0.1) is 10.7 Å². The SMILES string of the molecule is Cc1cc(S(=O)(=O)Nc2nc(Cl)c3[nH]cnc3n2)sc1Cl. The molecule has 21 heavy (non-hydrogen) atoms. The lowest BCUT2D eigenvalue weighted by atomic mass is 10.4. The monoisotopic (exact) mass is 363 g/mol. The van der Waals surface area contributed by atoms with Crippen molar-refractivity contribution in [2.45, 2.75) is 11.1 Å². The Morgan fingerprint density at radius 1 is 1.33 bits per heavy atom. The number of fused-ring (bicyclic) bond motifs is 1. The fourth-order valence-corrected chi connectivity index (χ4v) is 4.45. The molecule has 0 aromatic carbocycles. The predicted molar refractivity (Wildman–Crippen MR) is 81.6 cm³/mol. The summed E-state index contributed by atoms with van der Waals surface area (Å²) in [7, 11) is -3.82. The van der Waals surface area contributed by atoms with Crippen LogP contribution >= 0.6 is 34.5 Å². The molecule has 3 aromatic heterocycles. The smallest absolute Gasteiger partial charge is 0.273 e. The lowest BCUT2D eigenvalue weighted by Crippen LogP contribution is -2.14. The van der Waals surface area contributed by atoms with Gasteiger partial charge in [-0.25, -0.2) is 18.1 Å². The Hall–Kier alpha value is -1.42. The summed E-state index contributed by atoms with van der Waals surface area (Å²) in [5, 5.41) is 0.0793. The van der Waals surface area contributed by atoms with Gasteiger partial charge in [-0.2, -0.15) is 9.97 Å². The number of aryl methyl sites for hydroxylation is 1. The number of nitrogens with one attached hydrogen (secondary N) is 2. The molecule has 0 aliphatic carbocycles. The first kappa shape index (κ1) is 14.5. The quantitative estimate of drug-likeness (QED) is 0.696. The zero-order valence-electron chi connectivity index (χ0n) is 10.4. The van der Waals surface area contributed by atoms with Crippen molar-refractivity contribution in [1.82, 2.24) is 19.9 Å². The van der Waals surface area contributed by atoms with E-state index in [1.165, 1.54) is 12.4 Å². The van der Waals surface area contributed by atoms with Gasteiger partial charge in [0, 0.05) is 0 Å². The molecule has 11 heteroatoms. The van der Waals surface area contributed by atoms with Gasteiger partial charge in [0.25, 0.3) is 10.0 Å². The van der Waals surface area contributed by atoms with Gasteiger partial charge in [-0.3, -0.25) is 0 Å². The van der Waals surface area contributed by atoms with Gasteiger partial charge in [0.2, 0.25) is 5.95 Å². The molecule has 0 fully saturated rings. The molecule has 7 nitrogen and oxygen atoms in total. The molecule has 3 rings (SSSR count). The van der Waals surface area contributed by atoms with E-state index in [-0.39, 0.29) is 21.0 Å². The maximum atomic E-state index is 12.2. The van der Waals surface area contributed by atoms with Crippen molar-refractivity contribution in [2.75, 3.05) is 4.72 Å².